The third-order valence-electron chi connectivity index (χ3n) is 3.49. The van der Waals surface area contributed by atoms with Crippen molar-refractivity contribution in [3.05, 3.63) is 41.0 Å². The molecule has 1 heterocycles. The Hall–Kier alpha value is -1.85. The summed E-state index contributed by atoms with van der Waals surface area (Å²) in [5.41, 5.74) is 1.89. The Morgan fingerprint density at radius 2 is 2.23 bits per heavy atom. The number of halogens is 1. The topological polar surface area (TPSA) is 78.0 Å². The molecule has 0 aliphatic rings. The SMILES string of the molecule is CC(C)C(O)CCNC(=O)c1cn[nH]c1-c1cccc(Cl)c1. The smallest absolute Gasteiger partial charge is 0.255 e. The van der Waals surface area contributed by atoms with Crippen molar-refractivity contribution < 1.29 is 9.90 Å². The summed E-state index contributed by atoms with van der Waals surface area (Å²) in [4.78, 5) is 12.3. The van der Waals surface area contributed by atoms with Crippen LogP contribution in [-0.2, 0) is 0 Å². The van der Waals surface area contributed by atoms with E-state index in [0.29, 0.717) is 29.2 Å². The number of aromatic amines is 1. The molecule has 0 spiro atoms. The molecular weight excluding hydrogens is 302 g/mol. The fraction of sp³-hybridized carbons (Fsp3) is 0.375. The van der Waals surface area contributed by atoms with Crippen molar-refractivity contribution in [1.82, 2.24) is 15.5 Å². The first-order chi connectivity index (χ1) is 10.5. The molecule has 6 heteroatoms. The van der Waals surface area contributed by atoms with Crippen molar-refractivity contribution in [3.63, 3.8) is 0 Å². The van der Waals surface area contributed by atoms with E-state index in [1.54, 1.807) is 12.1 Å². The Labute approximate surface area is 134 Å². The molecule has 1 aromatic heterocycles. The summed E-state index contributed by atoms with van der Waals surface area (Å²) in [5, 5.41) is 19.9. The largest absolute Gasteiger partial charge is 0.393 e. The molecule has 0 aliphatic heterocycles. The number of aliphatic hydroxyl groups is 1. The Morgan fingerprint density at radius 3 is 2.91 bits per heavy atom. The molecular formula is C16H20ClN3O2. The maximum atomic E-state index is 12.3. The van der Waals surface area contributed by atoms with Crippen LogP contribution in [0.25, 0.3) is 11.3 Å². The quantitative estimate of drug-likeness (QED) is 0.765. The van der Waals surface area contributed by atoms with Crippen LogP contribution in [0.3, 0.4) is 0 Å². The van der Waals surface area contributed by atoms with Gasteiger partial charge in [-0.2, -0.15) is 5.10 Å². The molecule has 1 amide bonds. The number of nitrogens with one attached hydrogen (secondary N) is 2. The minimum atomic E-state index is -0.419. The first-order valence-corrected chi connectivity index (χ1v) is 7.62. The van der Waals surface area contributed by atoms with Gasteiger partial charge in [-0.3, -0.25) is 9.89 Å². The second kappa shape index (κ2) is 7.42. The third-order valence-corrected chi connectivity index (χ3v) is 3.73. The van der Waals surface area contributed by atoms with Crippen LogP contribution in [-0.4, -0.2) is 33.9 Å². The zero-order valence-electron chi connectivity index (χ0n) is 12.6. The van der Waals surface area contributed by atoms with Crippen LogP contribution in [0.2, 0.25) is 5.02 Å². The molecule has 0 bridgehead atoms. The molecule has 0 fully saturated rings. The number of H-pyrrole nitrogens is 1. The lowest BCUT2D eigenvalue weighted by molar-refractivity contribution is 0.0921. The number of carbonyl (C=O) groups is 1. The maximum absolute atomic E-state index is 12.3. The highest BCUT2D eigenvalue weighted by atomic mass is 35.5. The minimum absolute atomic E-state index is 0.174. The molecule has 0 aliphatic carbocycles. The van der Waals surface area contributed by atoms with E-state index in [-0.39, 0.29) is 11.8 Å². The summed E-state index contributed by atoms with van der Waals surface area (Å²) in [6, 6.07) is 7.22. The zero-order chi connectivity index (χ0) is 16.1. The predicted molar refractivity (Wildman–Crippen MR) is 86.8 cm³/mol. The highest BCUT2D eigenvalue weighted by Gasteiger charge is 2.16. The Balaban J connectivity index is 2.04. The number of benzene rings is 1. The summed E-state index contributed by atoms with van der Waals surface area (Å²) in [5.74, 6) is -0.0486. The van der Waals surface area contributed by atoms with Crippen molar-refractivity contribution >= 4 is 17.5 Å². The fourth-order valence-electron chi connectivity index (χ4n) is 2.08. The van der Waals surface area contributed by atoms with Crippen LogP contribution in [0, 0.1) is 5.92 Å². The van der Waals surface area contributed by atoms with Crippen LogP contribution in [0.4, 0.5) is 0 Å². The van der Waals surface area contributed by atoms with Gasteiger partial charge in [0, 0.05) is 17.1 Å². The third kappa shape index (κ3) is 4.08. The van der Waals surface area contributed by atoms with Gasteiger partial charge in [-0.1, -0.05) is 37.6 Å². The van der Waals surface area contributed by atoms with E-state index in [1.807, 2.05) is 26.0 Å². The number of aromatic nitrogens is 2. The Morgan fingerprint density at radius 1 is 1.45 bits per heavy atom. The van der Waals surface area contributed by atoms with E-state index in [1.165, 1.54) is 6.20 Å². The van der Waals surface area contributed by atoms with Crippen molar-refractivity contribution in [2.24, 2.45) is 5.92 Å². The Kier molecular flexibility index (Phi) is 5.57. The van der Waals surface area contributed by atoms with Crippen LogP contribution in [0.1, 0.15) is 30.6 Å². The van der Waals surface area contributed by atoms with Crippen LogP contribution in [0.5, 0.6) is 0 Å². The fourth-order valence-corrected chi connectivity index (χ4v) is 2.27. The number of hydrogen-bond acceptors (Lipinski definition) is 3. The van der Waals surface area contributed by atoms with Gasteiger partial charge in [-0.15, -0.1) is 0 Å². The molecule has 1 unspecified atom stereocenters. The predicted octanol–water partition coefficient (Wildman–Crippen LogP) is 2.87. The lowest BCUT2D eigenvalue weighted by Gasteiger charge is -2.14. The van der Waals surface area contributed by atoms with Gasteiger partial charge in [0.15, 0.2) is 0 Å². The first-order valence-electron chi connectivity index (χ1n) is 7.24. The monoisotopic (exact) mass is 321 g/mol. The van der Waals surface area contributed by atoms with E-state index in [2.05, 4.69) is 15.5 Å². The summed E-state index contributed by atoms with van der Waals surface area (Å²) in [6.45, 7) is 4.30. The van der Waals surface area contributed by atoms with Crippen molar-refractivity contribution in [2.45, 2.75) is 26.4 Å². The van der Waals surface area contributed by atoms with Gasteiger partial charge in [-0.05, 0) is 24.5 Å². The summed E-state index contributed by atoms with van der Waals surface area (Å²) >= 11 is 5.98. The number of amides is 1. The normalized spacial score (nSPS) is 12.4. The molecule has 1 atom stereocenters. The molecule has 1 aromatic carbocycles. The number of carbonyl (C=O) groups excluding carboxylic acids is 1. The lowest BCUT2D eigenvalue weighted by atomic mass is 10.0. The maximum Gasteiger partial charge on any atom is 0.255 e. The number of rotatable bonds is 6. The summed E-state index contributed by atoms with van der Waals surface area (Å²) in [7, 11) is 0. The number of aliphatic hydroxyl groups excluding tert-OH is 1. The summed E-state index contributed by atoms with van der Waals surface area (Å²) in [6.07, 6.45) is 1.59. The second-order valence-corrected chi connectivity index (χ2v) is 5.96. The first kappa shape index (κ1) is 16.5. The van der Waals surface area contributed by atoms with Gasteiger partial charge < -0.3 is 10.4 Å². The highest BCUT2D eigenvalue weighted by molar-refractivity contribution is 6.30. The lowest BCUT2D eigenvalue weighted by Crippen LogP contribution is -2.28. The molecule has 22 heavy (non-hydrogen) atoms. The molecule has 0 radical (unpaired) electrons. The van der Waals surface area contributed by atoms with Crippen LogP contribution >= 0.6 is 11.6 Å². The minimum Gasteiger partial charge on any atom is -0.393 e. The molecule has 2 rings (SSSR count). The average Bonchev–Trinajstić information content (AvgIpc) is 2.96. The van der Waals surface area contributed by atoms with E-state index in [4.69, 9.17) is 11.6 Å². The molecule has 0 saturated heterocycles. The van der Waals surface area contributed by atoms with Gasteiger partial charge in [0.1, 0.15) is 0 Å². The van der Waals surface area contributed by atoms with Crippen molar-refractivity contribution in [2.75, 3.05) is 6.54 Å². The standard InChI is InChI=1S/C16H20ClN3O2/c1-10(2)14(21)6-7-18-16(22)13-9-19-20-15(13)11-4-3-5-12(17)8-11/h3-5,8-10,14,21H,6-7H2,1-2H3,(H,18,22)(H,19,20). The molecule has 118 valence electrons. The summed E-state index contributed by atoms with van der Waals surface area (Å²) < 4.78 is 0. The number of nitrogens with zero attached hydrogens (tertiary/aromatic N) is 1. The van der Waals surface area contributed by atoms with Gasteiger partial charge in [0.25, 0.3) is 5.91 Å². The van der Waals surface area contributed by atoms with E-state index in [9.17, 15) is 9.90 Å². The molecule has 0 saturated carbocycles. The Bertz CT molecular complexity index is 640. The van der Waals surface area contributed by atoms with Crippen LogP contribution < -0.4 is 5.32 Å². The van der Waals surface area contributed by atoms with E-state index >= 15 is 0 Å². The second-order valence-electron chi connectivity index (χ2n) is 5.52. The van der Waals surface area contributed by atoms with Gasteiger partial charge in [0.2, 0.25) is 0 Å². The highest BCUT2D eigenvalue weighted by Crippen LogP contribution is 2.23. The van der Waals surface area contributed by atoms with E-state index in [0.717, 1.165) is 5.56 Å². The van der Waals surface area contributed by atoms with Gasteiger partial charge in [0.05, 0.1) is 23.6 Å². The van der Waals surface area contributed by atoms with Gasteiger partial charge >= 0.3 is 0 Å². The molecule has 2 aromatic rings. The van der Waals surface area contributed by atoms with E-state index < -0.39 is 6.10 Å². The zero-order valence-corrected chi connectivity index (χ0v) is 13.4. The van der Waals surface area contributed by atoms with Gasteiger partial charge in [-0.25, -0.2) is 0 Å². The van der Waals surface area contributed by atoms with Crippen molar-refractivity contribution in [1.29, 1.82) is 0 Å². The average molecular weight is 322 g/mol. The molecule has 3 N–H and O–H groups in total. The van der Waals surface area contributed by atoms with Crippen LogP contribution in [0.15, 0.2) is 30.5 Å². The number of hydrogen-bond donors (Lipinski definition) is 3. The van der Waals surface area contributed by atoms with Crippen molar-refractivity contribution in [3.8, 4) is 11.3 Å². The molecule has 5 nitrogen and oxygen atoms in total.